The number of anilines is 1. The number of nitrogens with zero attached hydrogens (tertiary/aromatic N) is 3. The van der Waals surface area contributed by atoms with E-state index in [1.54, 1.807) is 13.4 Å². The van der Waals surface area contributed by atoms with Crippen LogP contribution < -0.4 is 9.64 Å². The third-order valence-electron chi connectivity index (χ3n) is 3.00. The van der Waals surface area contributed by atoms with Crippen LogP contribution in [0.2, 0.25) is 0 Å². The molecule has 6 heteroatoms. The fraction of sp³-hybridized carbons (Fsp3) is 0.667. The first-order valence-corrected chi connectivity index (χ1v) is 7.09. The Morgan fingerprint density at radius 3 is 2.94 bits per heavy atom. The summed E-state index contributed by atoms with van der Waals surface area (Å²) in [6, 6.07) is 0. The normalized spacial score (nSPS) is 24.1. The number of hydrogen-bond donors (Lipinski definition) is 0. The van der Waals surface area contributed by atoms with Crippen molar-refractivity contribution >= 4 is 21.7 Å². The molecule has 1 aromatic rings. The smallest absolute Gasteiger partial charge is 0.221 e. The lowest BCUT2D eigenvalue weighted by molar-refractivity contribution is -0.00229. The van der Waals surface area contributed by atoms with Crippen LogP contribution in [-0.4, -0.2) is 47.7 Å². The van der Waals surface area contributed by atoms with Crippen molar-refractivity contribution in [2.24, 2.45) is 0 Å². The van der Waals surface area contributed by atoms with Crippen LogP contribution in [0.3, 0.4) is 0 Å². The summed E-state index contributed by atoms with van der Waals surface area (Å²) in [7, 11) is 1.63. The minimum Gasteiger partial charge on any atom is -0.481 e. The van der Waals surface area contributed by atoms with Gasteiger partial charge in [-0.05, 0) is 13.8 Å². The number of aromatic nitrogens is 2. The van der Waals surface area contributed by atoms with Crippen LogP contribution in [-0.2, 0) is 4.74 Å². The molecule has 0 amide bonds. The Morgan fingerprint density at radius 1 is 1.50 bits per heavy atom. The van der Waals surface area contributed by atoms with Gasteiger partial charge in [0.05, 0.1) is 24.9 Å². The first-order chi connectivity index (χ1) is 8.65. The first kappa shape index (κ1) is 13.5. The first-order valence-electron chi connectivity index (χ1n) is 5.97. The molecule has 2 heterocycles. The Bertz CT molecular complexity index is 416. The standard InChI is InChI=1S/C12H18BrN3O2/c1-8-5-16(6-10(4-13)18-8)11-9(2)12(17-3)15-7-14-11/h7-8,10H,4-6H2,1-3H3. The number of rotatable bonds is 3. The molecule has 0 N–H and O–H groups in total. The van der Waals surface area contributed by atoms with Gasteiger partial charge in [0.15, 0.2) is 0 Å². The molecular formula is C12H18BrN3O2. The van der Waals surface area contributed by atoms with Crippen molar-refractivity contribution < 1.29 is 9.47 Å². The van der Waals surface area contributed by atoms with Crippen LogP contribution in [0.15, 0.2) is 6.33 Å². The van der Waals surface area contributed by atoms with Gasteiger partial charge in [0, 0.05) is 18.4 Å². The molecule has 18 heavy (non-hydrogen) atoms. The molecule has 0 radical (unpaired) electrons. The molecule has 1 aromatic heterocycles. The van der Waals surface area contributed by atoms with Gasteiger partial charge in [0.1, 0.15) is 12.1 Å². The van der Waals surface area contributed by atoms with E-state index in [9.17, 15) is 0 Å². The molecule has 1 aliphatic heterocycles. The van der Waals surface area contributed by atoms with Gasteiger partial charge in [-0.3, -0.25) is 0 Å². The van der Waals surface area contributed by atoms with Gasteiger partial charge >= 0.3 is 0 Å². The Morgan fingerprint density at radius 2 is 2.28 bits per heavy atom. The van der Waals surface area contributed by atoms with Gasteiger partial charge in [-0.25, -0.2) is 9.97 Å². The van der Waals surface area contributed by atoms with E-state index in [-0.39, 0.29) is 12.2 Å². The average molecular weight is 316 g/mol. The molecule has 5 nitrogen and oxygen atoms in total. The van der Waals surface area contributed by atoms with Crippen molar-refractivity contribution in [3.63, 3.8) is 0 Å². The van der Waals surface area contributed by atoms with Crippen LogP contribution >= 0.6 is 15.9 Å². The zero-order valence-electron chi connectivity index (χ0n) is 10.9. The zero-order chi connectivity index (χ0) is 13.1. The van der Waals surface area contributed by atoms with Crippen LogP contribution in [0.5, 0.6) is 5.88 Å². The van der Waals surface area contributed by atoms with E-state index in [0.717, 1.165) is 29.8 Å². The van der Waals surface area contributed by atoms with Crippen molar-refractivity contribution in [2.45, 2.75) is 26.1 Å². The van der Waals surface area contributed by atoms with Crippen molar-refractivity contribution in [3.8, 4) is 5.88 Å². The highest BCUT2D eigenvalue weighted by Gasteiger charge is 2.27. The summed E-state index contributed by atoms with van der Waals surface area (Å²) in [5.41, 5.74) is 0.974. The molecule has 1 fully saturated rings. The summed E-state index contributed by atoms with van der Waals surface area (Å²) in [5.74, 6) is 1.57. The molecule has 0 aromatic carbocycles. The van der Waals surface area contributed by atoms with Gasteiger partial charge in [-0.2, -0.15) is 0 Å². The van der Waals surface area contributed by atoms with E-state index in [2.05, 4.69) is 37.7 Å². The van der Waals surface area contributed by atoms with Gasteiger partial charge in [0.2, 0.25) is 5.88 Å². The molecule has 2 rings (SSSR count). The maximum absolute atomic E-state index is 5.82. The highest BCUT2D eigenvalue weighted by atomic mass is 79.9. The molecule has 1 saturated heterocycles. The van der Waals surface area contributed by atoms with Crippen molar-refractivity contribution in [2.75, 3.05) is 30.4 Å². The number of ether oxygens (including phenoxy) is 2. The van der Waals surface area contributed by atoms with E-state index in [4.69, 9.17) is 9.47 Å². The molecule has 2 unspecified atom stereocenters. The molecule has 0 aliphatic carbocycles. The van der Waals surface area contributed by atoms with Crippen molar-refractivity contribution in [3.05, 3.63) is 11.9 Å². The summed E-state index contributed by atoms with van der Waals surface area (Å²) >= 11 is 3.48. The predicted molar refractivity (Wildman–Crippen MR) is 73.7 cm³/mol. The summed E-state index contributed by atoms with van der Waals surface area (Å²) in [4.78, 5) is 10.7. The minimum atomic E-state index is 0.189. The van der Waals surface area contributed by atoms with E-state index < -0.39 is 0 Å². The van der Waals surface area contributed by atoms with Crippen LogP contribution in [0.25, 0.3) is 0 Å². The highest BCUT2D eigenvalue weighted by Crippen LogP contribution is 2.26. The number of morpholine rings is 1. The summed E-state index contributed by atoms with van der Waals surface area (Å²) in [6.45, 7) is 5.73. The minimum absolute atomic E-state index is 0.189. The fourth-order valence-corrected chi connectivity index (χ4v) is 2.61. The molecular weight excluding hydrogens is 298 g/mol. The van der Waals surface area contributed by atoms with Crippen LogP contribution in [0, 0.1) is 6.92 Å². The number of hydrogen-bond acceptors (Lipinski definition) is 5. The largest absolute Gasteiger partial charge is 0.481 e. The third kappa shape index (κ3) is 2.75. The SMILES string of the molecule is COc1ncnc(N2CC(C)OC(CBr)C2)c1C. The van der Waals surface area contributed by atoms with Crippen LogP contribution in [0.4, 0.5) is 5.82 Å². The monoisotopic (exact) mass is 315 g/mol. The third-order valence-corrected chi connectivity index (χ3v) is 3.72. The van der Waals surface area contributed by atoms with Gasteiger partial charge < -0.3 is 14.4 Å². The molecule has 1 aliphatic rings. The molecule has 0 bridgehead atoms. The Kier molecular flexibility index (Phi) is 4.40. The van der Waals surface area contributed by atoms with E-state index in [0.29, 0.717) is 5.88 Å². The van der Waals surface area contributed by atoms with Gasteiger partial charge in [-0.15, -0.1) is 0 Å². The quantitative estimate of drug-likeness (QED) is 0.796. The van der Waals surface area contributed by atoms with Gasteiger partial charge in [-0.1, -0.05) is 15.9 Å². The number of halogens is 1. The lowest BCUT2D eigenvalue weighted by Crippen LogP contribution is -2.48. The molecule has 0 spiro atoms. The topological polar surface area (TPSA) is 47.5 Å². The second-order valence-corrected chi connectivity index (χ2v) is 5.11. The van der Waals surface area contributed by atoms with E-state index in [1.165, 1.54) is 0 Å². The number of alkyl halides is 1. The lowest BCUT2D eigenvalue weighted by Gasteiger charge is -2.37. The number of methoxy groups -OCH3 is 1. The Balaban J connectivity index is 2.25. The lowest BCUT2D eigenvalue weighted by atomic mass is 10.2. The van der Waals surface area contributed by atoms with Crippen LogP contribution in [0.1, 0.15) is 12.5 Å². The van der Waals surface area contributed by atoms with Crippen molar-refractivity contribution in [1.82, 2.24) is 9.97 Å². The maximum Gasteiger partial charge on any atom is 0.221 e. The Hall–Kier alpha value is -0.880. The summed E-state index contributed by atoms with van der Waals surface area (Å²) < 4.78 is 11.1. The predicted octanol–water partition coefficient (Wildman–Crippen LogP) is 1.78. The summed E-state index contributed by atoms with van der Waals surface area (Å²) in [5, 5.41) is 0.828. The van der Waals surface area contributed by atoms with Gasteiger partial charge in [0.25, 0.3) is 0 Å². The Labute approximate surface area is 116 Å². The van der Waals surface area contributed by atoms with Crippen molar-refractivity contribution in [1.29, 1.82) is 0 Å². The van der Waals surface area contributed by atoms with E-state index >= 15 is 0 Å². The second-order valence-electron chi connectivity index (χ2n) is 4.46. The van der Waals surface area contributed by atoms with E-state index in [1.807, 2.05) is 6.92 Å². The maximum atomic E-state index is 5.82. The zero-order valence-corrected chi connectivity index (χ0v) is 12.5. The molecule has 100 valence electrons. The average Bonchev–Trinajstić information content (AvgIpc) is 2.38. The summed E-state index contributed by atoms with van der Waals surface area (Å²) in [6.07, 6.45) is 1.93. The highest BCUT2D eigenvalue weighted by molar-refractivity contribution is 9.09. The second kappa shape index (κ2) is 5.84. The fourth-order valence-electron chi connectivity index (χ4n) is 2.25. The molecule has 0 saturated carbocycles. The molecule has 2 atom stereocenters.